The number of hydrogen-bond acceptors (Lipinski definition) is 10. The molecule has 2 rings (SSSR count). The Morgan fingerprint density at radius 3 is 1.51 bits per heavy atom. The smallest absolute Gasteiger partial charge is 0.408 e. The molecule has 0 aromatic rings. The molecule has 0 aliphatic carbocycles. The molecule has 2 amide bonds. The van der Waals surface area contributed by atoms with E-state index in [1.54, 1.807) is 41.5 Å². The Labute approximate surface area is 295 Å². The Kier molecular flexibility index (Phi) is 20.2. The van der Waals surface area contributed by atoms with Crippen molar-refractivity contribution in [2.75, 3.05) is 39.3 Å². The zero-order chi connectivity index (χ0) is 39.8. The third-order valence-corrected chi connectivity index (χ3v) is 6.84. The average Bonchev–Trinajstić information content (AvgIpc) is 3.24. The number of aliphatic hydroxyl groups excluding tert-OH is 1. The summed E-state index contributed by atoms with van der Waals surface area (Å²) in [5.74, 6) is -1.72. The number of rotatable bonds is 7. The van der Waals surface area contributed by atoms with Crippen molar-refractivity contribution < 1.29 is 69.9 Å². The fraction of sp³-hybridized carbons (Fsp3) is 0.875. The van der Waals surface area contributed by atoms with E-state index < -0.39 is 85.1 Å². The molecule has 2 saturated heterocycles. The lowest BCUT2D eigenvalue weighted by Crippen LogP contribution is -2.43. The van der Waals surface area contributed by atoms with Crippen molar-refractivity contribution in [2.45, 2.75) is 142 Å². The van der Waals surface area contributed by atoms with Crippen LogP contribution in [0.4, 0.5) is 35.9 Å². The summed E-state index contributed by atoms with van der Waals surface area (Å²) in [6, 6.07) is -1.83. The number of alkyl halides is 6. The summed E-state index contributed by atoms with van der Waals surface area (Å²) < 4.78 is 88.5. The summed E-state index contributed by atoms with van der Waals surface area (Å²) >= 11 is 0. The maximum atomic E-state index is 12.4. The van der Waals surface area contributed by atoms with E-state index in [1.807, 2.05) is 0 Å². The van der Waals surface area contributed by atoms with Crippen molar-refractivity contribution in [3.8, 4) is 0 Å². The number of halogens is 6. The molecule has 2 aliphatic rings. The molecular weight excluding hydrogens is 698 g/mol. The van der Waals surface area contributed by atoms with Gasteiger partial charge in [0.1, 0.15) is 29.4 Å². The van der Waals surface area contributed by atoms with E-state index >= 15 is 0 Å². The highest BCUT2D eigenvalue weighted by atomic mass is 19.4. The fourth-order valence-corrected chi connectivity index (χ4v) is 4.56. The summed E-state index contributed by atoms with van der Waals surface area (Å²) in [5.41, 5.74) is -1.29. The first-order valence-corrected chi connectivity index (χ1v) is 16.7. The minimum atomic E-state index is -4.23. The van der Waals surface area contributed by atoms with E-state index in [0.717, 1.165) is 0 Å². The van der Waals surface area contributed by atoms with Crippen LogP contribution in [0.2, 0.25) is 0 Å². The Balaban J connectivity index is 0.000000810. The number of carbonyl (C=O) groups is 4. The number of carbonyl (C=O) groups excluding carboxylic acids is 3. The van der Waals surface area contributed by atoms with E-state index in [1.165, 1.54) is 23.6 Å². The molecule has 0 aromatic heterocycles. The van der Waals surface area contributed by atoms with Crippen LogP contribution in [-0.4, -0.2) is 131 Å². The summed E-state index contributed by atoms with van der Waals surface area (Å²) in [7, 11) is 0. The highest BCUT2D eigenvalue weighted by Crippen LogP contribution is 2.22. The van der Waals surface area contributed by atoms with Gasteiger partial charge in [0.25, 0.3) is 0 Å². The number of carboxylic acid groups (broad SMARTS) is 1. The molecule has 19 heteroatoms. The quantitative estimate of drug-likeness (QED) is 0.153. The molecule has 2 aliphatic heterocycles. The Hall–Kier alpha value is -3.06. The topological polar surface area (TPSA) is 167 Å². The Morgan fingerprint density at radius 2 is 1.10 bits per heavy atom. The molecule has 13 nitrogen and oxygen atoms in total. The number of likely N-dealkylation sites (tertiary alicyclic amines) is 2. The zero-order valence-electron chi connectivity index (χ0n) is 30.7. The summed E-state index contributed by atoms with van der Waals surface area (Å²) in [4.78, 5) is 47.7. The van der Waals surface area contributed by atoms with Crippen LogP contribution < -0.4 is 10.6 Å². The highest BCUT2D eigenvalue weighted by Gasteiger charge is 2.33. The predicted molar refractivity (Wildman–Crippen MR) is 174 cm³/mol. The monoisotopic (exact) mass is 754 g/mol. The molecular formula is C32H56F6N4O9. The molecule has 4 atom stereocenters. The molecule has 0 aromatic carbocycles. The van der Waals surface area contributed by atoms with Gasteiger partial charge in [-0.2, -0.15) is 26.3 Å². The van der Waals surface area contributed by atoms with Crippen LogP contribution in [0.5, 0.6) is 0 Å². The maximum Gasteiger partial charge on any atom is 0.408 e. The molecule has 300 valence electrons. The van der Waals surface area contributed by atoms with Crippen LogP contribution in [0.1, 0.15) is 93.9 Å². The van der Waals surface area contributed by atoms with E-state index in [2.05, 4.69) is 10.6 Å². The first-order valence-electron chi connectivity index (χ1n) is 16.7. The van der Waals surface area contributed by atoms with Crippen LogP contribution in [0.3, 0.4) is 0 Å². The molecule has 0 bridgehead atoms. The minimum absolute atomic E-state index is 0.214. The summed E-state index contributed by atoms with van der Waals surface area (Å²) in [6.45, 7) is 12.6. The van der Waals surface area contributed by atoms with Crippen molar-refractivity contribution in [1.82, 2.24) is 20.4 Å². The third-order valence-electron chi connectivity index (χ3n) is 6.84. The number of nitrogens with one attached hydrogen (secondary N) is 2. The Bertz CT molecular complexity index is 1080. The summed E-state index contributed by atoms with van der Waals surface area (Å²) in [5, 5.41) is 22.2. The number of carboxylic acids is 1. The van der Waals surface area contributed by atoms with Gasteiger partial charge in [0, 0.05) is 13.1 Å². The second-order valence-corrected chi connectivity index (χ2v) is 14.4. The number of ether oxygens (including phenoxy) is 3. The zero-order valence-corrected chi connectivity index (χ0v) is 30.7. The minimum Gasteiger partial charge on any atom is -0.480 e. The average molecular weight is 755 g/mol. The third kappa shape index (κ3) is 27.3. The SMILES string of the molecule is C[C@H](NC(=O)OC(C)(C)C)C(=O)O.C[C@H](NC(=O)OC(C)(C)C)C(=O)OC1CCCN(CC(F)(F)F)CC1.OC1CCCN(CC(F)(F)F)CC1. The molecule has 2 fully saturated rings. The first kappa shape index (κ1) is 47.9. The Morgan fingerprint density at radius 1 is 0.686 bits per heavy atom. The predicted octanol–water partition coefficient (Wildman–Crippen LogP) is 5.24. The van der Waals surface area contributed by atoms with Gasteiger partial charge in [-0.3, -0.25) is 14.6 Å². The van der Waals surface area contributed by atoms with Gasteiger partial charge in [0.15, 0.2) is 0 Å². The molecule has 2 heterocycles. The van der Waals surface area contributed by atoms with Gasteiger partial charge in [-0.25, -0.2) is 14.4 Å². The van der Waals surface area contributed by atoms with Crippen molar-refractivity contribution in [1.29, 1.82) is 0 Å². The van der Waals surface area contributed by atoms with Crippen LogP contribution in [-0.2, 0) is 23.8 Å². The van der Waals surface area contributed by atoms with Crippen LogP contribution in [0, 0.1) is 0 Å². The molecule has 4 N–H and O–H groups in total. The number of esters is 1. The normalized spacial score (nSPS) is 20.7. The van der Waals surface area contributed by atoms with Gasteiger partial charge in [-0.05, 0) is 107 Å². The second kappa shape index (κ2) is 21.5. The largest absolute Gasteiger partial charge is 0.480 e. The number of nitrogens with zero attached hydrogens (tertiary/aromatic N) is 2. The van der Waals surface area contributed by atoms with Crippen molar-refractivity contribution in [3.63, 3.8) is 0 Å². The second-order valence-electron chi connectivity index (χ2n) is 14.4. The standard InChI is InChI=1S/C16H27F3N2O4.C8H14F3NO.C8H15NO4/c1-11(20-14(23)25-15(2,3)4)13(22)24-12-6-5-8-21(9-7-12)10-16(17,18)19;9-8(10,11)6-12-4-1-2-7(13)3-5-12;1-5(6(10)11)9-7(12)13-8(2,3)4/h11-12H,5-10H2,1-4H3,(H,20,23);7,13H,1-6H2;5H,1-4H3,(H,9,12)(H,10,11)/t11-,12?;;5-/m0.0/s1. The van der Waals surface area contributed by atoms with Gasteiger partial charge in [0.2, 0.25) is 0 Å². The number of alkyl carbamates (subject to hydrolysis) is 2. The number of amides is 2. The molecule has 0 radical (unpaired) electrons. The lowest BCUT2D eigenvalue weighted by Gasteiger charge is -2.23. The van der Waals surface area contributed by atoms with Crippen LogP contribution in [0.25, 0.3) is 0 Å². The van der Waals surface area contributed by atoms with Crippen molar-refractivity contribution >= 4 is 24.1 Å². The molecule has 0 spiro atoms. The van der Waals surface area contributed by atoms with Crippen molar-refractivity contribution in [2.24, 2.45) is 0 Å². The lowest BCUT2D eigenvalue weighted by atomic mass is 10.1. The van der Waals surface area contributed by atoms with Crippen LogP contribution >= 0.6 is 0 Å². The molecule has 51 heavy (non-hydrogen) atoms. The highest BCUT2D eigenvalue weighted by molar-refractivity contribution is 5.81. The summed E-state index contributed by atoms with van der Waals surface area (Å²) in [6.07, 6.45) is -7.59. The van der Waals surface area contributed by atoms with Gasteiger partial charge in [-0.1, -0.05) is 0 Å². The first-order chi connectivity index (χ1) is 23.0. The molecule has 2 unspecified atom stereocenters. The van der Waals surface area contributed by atoms with E-state index in [4.69, 9.17) is 19.3 Å². The number of aliphatic hydroxyl groups is 1. The van der Waals surface area contributed by atoms with Crippen LogP contribution in [0.15, 0.2) is 0 Å². The maximum absolute atomic E-state index is 12.4. The number of aliphatic carboxylic acids is 1. The molecule has 0 saturated carbocycles. The van der Waals surface area contributed by atoms with E-state index in [-0.39, 0.29) is 6.54 Å². The van der Waals surface area contributed by atoms with Gasteiger partial charge < -0.3 is 35.1 Å². The van der Waals surface area contributed by atoms with E-state index in [9.17, 15) is 50.6 Å². The lowest BCUT2D eigenvalue weighted by molar-refractivity contribution is -0.153. The van der Waals surface area contributed by atoms with Gasteiger partial charge in [-0.15, -0.1) is 0 Å². The fourth-order valence-electron chi connectivity index (χ4n) is 4.56. The van der Waals surface area contributed by atoms with E-state index in [0.29, 0.717) is 58.2 Å². The van der Waals surface area contributed by atoms with Crippen molar-refractivity contribution in [3.05, 3.63) is 0 Å². The number of hydrogen-bond donors (Lipinski definition) is 4. The van der Waals surface area contributed by atoms with Gasteiger partial charge >= 0.3 is 36.5 Å². The van der Waals surface area contributed by atoms with Gasteiger partial charge in [0.05, 0.1) is 19.2 Å².